The van der Waals surface area contributed by atoms with E-state index >= 15 is 0 Å². The number of hydrogen-bond donors (Lipinski definition) is 1. The first kappa shape index (κ1) is 23.2. The summed E-state index contributed by atoms with van der Waals surface area (Å²) < 4.78 is 1.84. The van der Waals surface area contributed by atoms with Crippen molar-refractivity contribution < 1.29 is 4.79 Å². The van der Waals surface area contributed by atoms with Crippen LogP contribution in [0, 0.1) is 6.92 Å². The molecule has 0 bridgehead atoms. The molecule has 33 heavy (non-hydrogen) atoms. The van der Waals surface area contributed by atoms with Gasteiger partial charge in [0.2, 0.25) is 0 Å². The van der Waals surface area contributed by atoms with E-state index in [1.165, 1.54) is 0 Å². The summed E-state index contributed by atoms with van der Waals surface area (Å²) in [5.41, 5.74) is 8.70. The van der Waals surface area contributed by atoms with Gasteiger partial charge in [-0.05, 0) is 58.1 Å². The predicted octanol–water partition coefficient (Wildman–Crippen LogP) is 2.70. The minimum Gasteiger partial charge on any atom is -0.355 e. The summed E-state index contributed by atoms with van der Waals surface area (Å²) in [6, 6.07) is 2.01. The minimum atomic E-state index is -0.0616. The molecule has 0 aliphatic carbocycles. The summed E-state index contributed by atoms with van der Waals surface area (Å²) in [6.07, 6.45) is 8.87. The van der Waals surface area contributed by atoms with Crippen molar-refractivity contribution in [2.24, 2.45) is 15.8 Å². The van der Waals surface area contributed by atoms with Crippen molar-refractivity contribution in [3.63, 3.8) is 0 Å². The molecule has 3 aliphatic rings. The molecular weight excluding hydrogens is 416 g/mol. The Morgan fingerprint density at radius 1 is 1.30 bits per heavy atom. The number of carbonyl (C=O) groups excluding carboxylic acids is 1. The van der Waals surface area contributed by atoms with Gasteiger partial charge in [-0.15, -0.1) is 0 Å². The van der Waals surface area contributed by atoms with Crippen LogP contribution in [0.2, 0.25) is 0 Å². The standard InChI is InChI=1S/C24H36N8O/c1-5-10-31-21(13-18(3)28-31)24(33)30-11-7-6-8-20(30)14-22-27-23(17(2)15-32(22)26-4)29-12-9-19(25)16-29/h13-15,19-20H,4-12,16,25H2,1-3H3/b22-14-/t19-,20?/m0/s1. The molecule has 0 spiro atoms. The zero-order valence-corrected chi connectivity index (χ0v) is 20.1. The molecule has 1 aromatic rings. The first-order chi connectivity index (χ1) is 15.9. The van der Waals surface area contributed by atoms with Crippen molar-refractivity contribution in [1.29, 1.82) is 0 Å². The molecule has 2 fully saturated rings. The average Bonchev–Trinajstić information content (AvgIpc) is 3.40. The summed E-state index contributed by atoms with van der Waals surface area (Å²) in [7, 11) is 0. The Morgan fingerprint density at radius 3 is 2.82 bits per heavy atom. The minimum absolute atomic E-state index is 0.0287. The Morgan fingerprint density at radius 2 is 2.12 bits per heavy atom. The third-order valence-corrected chi connectivity index (χ3v) is 6.51. The number of piperidine rings is 1. The number of aliphatic imine (C=N–C) groups is 1. The second-order valence-corrected chi connectivity index (χ2v) is 9.21. The van der Waals surface area contributed by atoms with Gasteiger partial charge in [-0.25, -0.2) is 10.0 Å². The van der Waals surface area contributed by atoms with Gasteiger partial charge in [-0.2, -0.15) is 10.2 Å². The van der Waals surface area contributed by atoms with Crippen molar-refractivity contribution in [3.8, 4) is 0 Å². The maximum Gasteiger partial charge on any atom is 0.272 e. The Hall–Kier alpha value is -2.94. The van der Waals surface area contributed by atoms with Gasteiger partial charge in [0.1, 0.15) is 11.5 Å². The molecule has 4 rings (SSSR count). The van der Waals surface area contributed by atoms with Crippen LogP contribution in [-0.2, 0) is 6.54 Å². The van der Waals surface area contributed by atoms with Crippen LogP contribution in [0.5, 0.6) is 0 Å². The number of aromatic nitrogens is 2. The van der Waals surface area contributed by atoms with Gasteiger partial charge in [0.15, 0.2) is 5.82 Å². The quantitative estimate of drug-likeness (QED) is 0.693. The number of rotatable bonds is 5. The largest absolute Gasteiger partial charge is 0.355 e. The van der Waals surface area contributed by atoms with E-state index in [1.54, 1.807) is 5.01 Å². The zero-order valence-electron chi connectivity index (χ0n) is 20.1. The van der Waals surface area contributed by atoms with Crippen LogP contribution in [0.4, 0.5) is 0 Å². The summed E-state index contributed by atoms with van der Waals surface area (Å²) in [4.78, 5) is 22.8. The van der Waals surface area contributed by atoms with Gasteiger partial charge in [0.25, 0.3) is 5.91 Å². The normalized spacial score (nSPS) is 24.8. The van der Waals surface area contributed by atoms with Crippen molar-refractivity contribution >= 4 is 18.5 Å². The van der Waals surface area contributed by atoms with Crippen LogP contribution in [0.1, 0.15) is 62.1 Å². The smallest absolute Gasteiger partial charge is 0.272 e. The first-order valence-corrected chi connectivity index (χ1v) is 12.0. The van der Waals surface area contributed by atoms with Gasteiger partial charge < -0.3 is 15.5 Å². The van der Waals surface area contributed by atoms with Crippen molar-refractivity contribution in [3.05, 3.63) is 41.1 Å². The van der Waals surface area contributed by atoms with E-state index in [0.717, 1.165) is 75.4 Å². The highest BCUT2D eigenvalue weighted by Crippen LogP contribution is 2.27. The first-order valence-electron chi connectivity index (χ1n) is 12.0. The fourth-order valence-electron chi connectivity index (χ4n) is 4.88. The monoisotopic (exact) mass is 452 g/mol. The maximum atomic E-state index is 13.6. The number of amidine groups is 1. The molecule has 1 amide bonds. The fourth-order valence-corrected chi connectivity index (χ4v) is 4.88. The molecule has 0 radical (unpaired) electrons. The summed E-state index contributed by atoms with van der Waals surface area (Å²) in [5, 5.41) is 10.4. The lowest BCUT2D eigenvalue weighted by Gasteiger charge is -2.35. The fraction of sp³-hybridized carbons (Fsp3) is 0.583. The topological polar surface area (TPSA) is 95.3 Å². The third-order valence-electron chi connectivity index (χ3n) is 6.51. The highest BCUT2D eigenvalue weighted by Gasteiger charge is 2.31. The second kappa shape index (κ2) is 9.91. The van der Waals surface area contributed by atoms with Gasteiger partial charge in [-0.3, -0.25) is 9.48 Å². The lowest BCUT2D eigenvalue weighted by atomic mass is 10.0. The van der Waals surface area contributed by atoms with Crippen LogP contribution in [-0.4, -0.2) is 74.8 Å². The molecule has 2 N–H and O–H groups in total. The Balaban J connectivity index is 1.64. The molecule has 2 atom stereocenters. The molecule has 0 aromatic carbocycles. The van der Waals surface area contributed by atoms with Crippen LogP contribution >= 0.6 is 0 Å². The van der Waals surface area contributed by atoms with E-state index in [9.17, 15) is 4.79 Å². The molecule has 4 heterocycles. The molecule has 9 nitrogen and oxygen atoms in total. The molecule has 0 saturated carbocycles. The summed E-state index contributed by atoms with van der Waals surface area (Å²) >= 11 is 0. The van der Waals surface area contributed by atoms with Crippen LogP contribution < -0.4 is 5.73 Å². The lowest BCUT2D eigenvalue weighted by Crippen LogP contribution is -2.44. The number of carbonyl (C=O) groups is 1. The van der Waals surface area contributed by atoms with Crippen molar-refractivity contribution in [1.82, 2.24) is 24.6 Å². The Labute approximate surface area is 196 Å². The van der Waals surface area contributed by atoms with Crippen molar-refractivity contribution in [2.45, 2.75) is 71.5 Å². The van der Waals surface area contributed by atoms with E-state index < -0.39 is 0 Å². The van der Waals surface area contributed by atoms with E-state index in [4.69, 9.17) is 10.7 Å². The highest BCUT2D eigenvalue weighted by atomic mass is 16.2. The van der Waals surface area contributed by atoms with E-state index in [-0.39, 0.29) is 18.0 Å². The van der Waals surface area contributed by atoms with Crippen LogP contribution in [0.25, 0.3) is 0 Å². The second-order valence-electron chi connectivity index (χ2n) is 9.21. The molecule has 9 heteroatoms. The summed E-state index contributed by atoms with van der Waals surface area (Å²) in [6.45, 7) is 12.9. The van der Waals surface area contributed by atoms with E-state index in [2.05, 4.69) is 34.8 Å². The van der Waals surface area contributed by atoms with E-state index in [1.807, 2.05) is 35.7 Å². The number of likely N-dealkylation sites (tertiary alicyclic amines) is 2. The van der Waals surface area contributed by atoms with Gasteiger partial charge in [-0.1, -0.05) is 6.92 Å². The Bertz CT molecular complexity index is 991. The number of hydrogen-bond acceptors (Lipinski definition) is 7. The molecule has 1 unspecified atom stereocenters. The lowest BCUT2D eigenvalue weighted by molar-refractivity contribution is 0.0649. The highest BCUT2D eigenvalue weighted by molar-refractivity contribution is 5.99. The van der Waals surface area contributed by atoms with Gasteiger partial charge in [0, 0.05) is 50.7 Å². The van der Waals surface area contributed by atoms with Gasteiger partial charge >= 0.3 is 0 Å². The van der Waals surface area contributed by atoms with Gasteiger partial charge in [0.05, 0.1) is 11.7 Å². The molecule has 2 saturated heterocycles. The number of nitrogens with two attached hydrogens (primary N) is 1. The zero-order chi connectivity index (χ0) is 23.5. The van der Waals surface area contributed by atoms with E-state index in [0.29, 0.717) is 11.5 Å². The number of aryl methyl sites for hydroxylation is 2. The molecule has 1 aromatic heterocycles. The van der Waals surface area contributed by atoms with Crippen molar-refractivity contribution in [2.75, 3.05) is 19.6 Å². The molecule has 178 valence electrons. The molecular formula is C24H36N8O. The number of nitrogens with zero attached hydrogens (tertiary/aromatic N) is 7. The maximum absolute atomic E-state index is 13.6. The van der Waals surface area contributed by atoms with Crippen LogP contribution in [0.3, 0.4) is 0 Å². The number of hydrazone groups is 1. The van der Waals surface area contributed by atoms with Crippen LogP contribution in [0.15, 0.2) is 39.8 Å². The third kappa shape index (κ3) is 4.88. The average molecular weight is 453 g/mol. The Kier molecular flexibility index (Phi) is 6.97. The predicted molar refractivity (Wildman–Crippen MR) is 131 cm³/mol. The summed E-state index contributed by atoms with van der Waals surface area (Å²) in [5.74, 6) is 1.66. The SMILES string of the molecule is C=NN1C=C(C)C(N2CC[C@H](N)C2)=N/C1=C/C1CCCCN1C(=O)c1cc(C)nn1CCC. The molecule has 3 aliphatic heterocycles. The number of amides is 1.